The van der Waals surface area contributed by atoms with Crippen LogP contribution < -0.4 is 0 Å². The lowest BCUT2D eigenvalue weighted by Crippen LogP contribution is -1.58. The molecule has 0 spiro atoms. The fourth-order valence-corrected chi connectivity index (χ4v) is 0. The highest BCUT2D eigenvalue weighted by molar-refractivity contribution is 8.17. The first-order valence-electron chi connectivity index (χ1n) is 1.21. The Morgan fingerprint density at radius 2 is 2.25 bits per heavy atom. The first kappa shape index (κ1) is 4.57. The summed E-state index contributed by atoms with van der Waals surface area (Å²) >= 11 is 4.53. The third-order valence-electron chi connectivity index (χ3n) is 0.129. The van der Waals surface area contributed by atoms with E-state index in [9.17, 15) is 0 Å². The van der Waals surface area contributed by atoms with Crippen LogP contribution in [0.5, 0.6) is 0 Å². The summed E-state index contributed by atoms with van der Waals surface area (Å²) in [5.41, 5.74) is 0. The highest BCUT2D eigenvalue weighted by Gasteiger charge is 1.45. The molecule has 0 aromatic carbocycles. The maximum atomic E-state index is 4.53. The van der Waals surface area contributed by atoms with E-state index in [1.54, 1.807) is 0 Å². The average molecular weight is 94.2 g/mol. The third kappa shape index (κ3) is 2.57. The van der Waals surface area contributed by atoms with Crippen LogP contribution in [0.3, 0.4) is 0 Å². The van der Waals surface area contributed by atoms with Gasteiger partial charge >= 0.3 is 0 Å². The SMILES string of the molecule is CC[SH]=S. The van der Waals surface area contributed by atoms with Gasteiger partial charge in [-0.15, -0.1) is 10.3 Å². The van der Waals surface area contributed by atoms with Gasteiger partial charge < -0.3 is 0 Å². The minimum absolute atomic E-state index is 1.08. The van der Waals surface area contributed by atoms with Crippen molar-refractivity contribution in [3.8, 4) is 0 Å². The van der Waals surface area contributed by atoms with E-state index in [1.165, 1.54) is 0 Å². The number of hydrogen-bond donors (Lipinski definition) is 1. The molecule has 0 aromatic heterocycles. The maximum Gasteiger partial charge on any atom is -0.00776 e. The van der Waals surface area contributed by atoms with Gasteiger partial charge in [0.15, 0.2) is 0 Å². The van der Waals surface area contributed by atoms with Crippen LogP contribution in [0, 0.1) is 0 Å². The number of rotatable bonds is 1. The Balaban J connectivity index is 2.30. The fraction of sp³-hybridized carbons (Fsp3) is 1.00. The molecule has 0 saturated carbocycles. The van der Waals surface area contributed by atoms with Crippen molar-refractivity contribution in [3.63, 3.8) is 0 Å². The van der Waals surface area contributed by atoms with E-state index in [4.69, 9.17) is 0 Å². The lowest BCUT2D eigenvalue weighted by molar-refractivity contribution is 1.54. The van der Waals surface area contributed by atoms with Crippen molar-refractivity contribution in [3.05, 3.63) is 0 Å². The summed E-state index contributed by atoms with van der Waals surface area (Å²) in [4.78, 5) is 0. The monoisotopic (exact) mass is 94.0 g/mol. The summed E-state index contributed by atoms with van der Waals surface area (Å²) in [5.74, 6) is 1.11. The Hall–Kier alpha value is 0.570. The van der Waals surface area contributed by atoms with Crippen LogP contribution in [0.2, 0.25) is 0 Å². The minimum atomic E-state index is 1.08. The van der Waals surface area contributed by atoms with Gasteiger partial charge in [-0.3, -0.25) is 0 Å². The van der Waals surface area contributed by atoms with Gasteiger partial charge in [-0.05, 0) is 5.75 Å². The van der Waals surface area contributed by atoms with Crippen molar-refractivity contribution in [1.82, 2.24) is 0 Å². The smallest absolute Gasteiger partial charge is 0.00776 e. The van der Waals surface area contributed by atoms with Crippen molar-refractivity contribution >= 4 is 21.5 Å². The van der Waals surface area contributed by atoms with E-state index in [0.717, 1.165) is 16.1 Å². The van der Waals surface area contributed by atoms with Crippen LogP contribution in [0.4, 0.5) is 0 Å². The highest BCUT2D eigenvalue weighted by atomic mass is 32.8. The summed E-state index contributed by atoms with van der Waals surface area (Å²) in [6.45, 7) is 2.06. The zero-order chi connectivity index (χ0) is 3.41. The Bertz CT molecular complexity index is 18.0. The highest BCUT2D eigenvalue weighted by Crippen LogP contribution is 1.46. The van der Waals surface area contributed by atoms with Crippen LogP contribution >= 0.6 is 0 Å². The molecule has 2 heteroatoms. The van der Waals surface area contributed by atoms with E-state index in [-0.39, 0.29) is 0 Å². The Morgan fingerprint density at radius 3 is 2.25 bits per heavy atom. The molecule has 0 atom stereocenters. The molecule has 0 nitrogen and oxygen atoms in total. The van der Waals surface area contributed by atoms with E-state index >= 15 is 0 Å². The van der Waals surface area contributed by atoms with Gasteiger partial charge in [0.2, 0.25) is 0 Å². The molecular formula is C2H6S2. The third-order valence-corrected chi connectivity index (χ3v) is 1.16. The van der Waals surface area contributed by atoms with E-state index in [0.29, 0.717) is 0 Å². The number of hydrogen-bond acceptors (Lipinski definition) is 1. The lowest BCUT2D eigenvalue weighted by atomic mass is 11.0. The summed E-state index contributed by atoms with van der Waals surface area (Å²) in [5, 5.41) is 0. The second kappa shape index (κ2) is 3.57. The second-order valence-corrected chi connectivity index (χ2v) is 2.11. The van der Waals surface area contributed by atoms with Gasteiger partial charge in [-0.25, -0.2) is 0 Å². The van der Waals surface area contributed by atoms with Gasteiger partial charge in [0.05, 0.1) is 0 Å². The number of thiol groups is 1. The molecule has 0 bridgehead atoms. The molecule has 0 unspecified atom stereocenters. The van der Waals surface area contributed by atoms with Gasteiger partial charge in [0.1, 0.15) is 0 Å². The molecule has 0 aliphatic rings. The van der Waals surface area contributed by atoms with Crippen molar-refractivity contribution in [1.29, 1.82) is 0 Å². The van der Waals surface area contributed by atoms with Crippen LogP contribution in [-0.4, -0.2) is 5.75 Å². The minimum Gasteiger partial charge on any atom is -0.136 e. The quantitative estimate of drug-likeness (QED) is 0.455. The molecule has 0 fully saturated rings. The molecule has 0 aromatic rings. The molecule has 0 amide bonds. The molecule has 0 aliphatic carbocycles. The molecule has 0 rings (SSSR count). The van der Waals surface area contributed by atoms with Crippen molar-refractivity contribution < 1.29 is 0 Å². The van der Waals surface area contributed by atoms with Gasteiger partial charge in [-0.2, -0.15) is 0 Å². The van der Waals surface area contributed by atoms with Crippen LogP contribution in [-0.2, 0) is 21.5 Å². The zero-order valence-corrected chi connectivity index (χ0v) is 4.27. The molecule has 0 N–H and O–H groups in total. The summed E-state index contributed by atoms with van der Waals surface area (Å²) in [7, 11) is 1.08. The first-order chi connectivity index (χ1) is 1.91. The molecule has 26 valence electrons. The maximum absolute atomic E-state index is 4.53. The molecule has 0 radical (unpaired) electrons. The zero-order valence-electron chi connectivity index (χ0n) is 2.56. The average Bonchev–Trinajstić information content (AvgIpc) is 1.37. The summed E-state index contributed by atoms with van der Waals surface area (Å²) in [6, 6.07) is 0. The molecule has 0 saturated heterocycles. The van der Waals surface area contributed by atoms with Crippen molar-refractivity contribution in [2.45, 2.75) is 6.92 Å². The van der Waals surface area contributed by atoms with Gasteiger partial charge in [0.25, 0.3) is 0 Å². The first-order valence-corrected chi connectivity index (χ1v) is 3.30. The molecule has 0 aliphatic heterocycles. The van der Waals surface area contributed by atoms with E-state index in [2.05, 4.69) is 18.1 Å². The van der Waals surface area contributed by atoms with Gasteiger partial charge in [0, 0.05) is 0 Å². The largest absolute Gasteiger partial charge is 0.136 e. The Kier molecular flexibility index (Phi) is 4.08. The Labute approximate surface area is 34.8 Å². The molecule has 0 heterocycles. The predicted molar refractivity (Wildman–Crippen MR) is 26.7 cm³/mol. The normalized spacial score (nSPS) is 7.25. The predicted octanol–water partition coefficient (Wildman–Crippen LogP) is 0.283. The lowest BCUT2D eigenvalue weighted by Gasteiger charge is -1.57. The van der Waals surface area contributed by atoms with Crippen LogP contribution in [0.1, 0.15) is 6.92 Å². The van der Waals surface area contributed by atoms with E-state index in [1.807, 2.05) is 0 Å². The standard InChI is InChI=1S/C2H6S2/c1-2-4-3/h4H,2H2,1H3. The van der Waals surface area contributed by atoms with E-state index < -0.39 is 0 Å². The van der Waals surface area contributed by atoms with Gasteiger partial charge in [-0.1, -0.05) is 18.1 Å². The summed E-state index contributed by atoms with van der Waals surface area (Å²) in [6.07, 6.45) is 0. The van der Waals surface area contributed by atoms with Crippen molar-refractivity contribution in [2.24, 2.45) is 0 Å². The summed E-state index contributed by atoms with van der Waals surface area (Å²) < 4.78 is 0. The van der Waals surface area contributed by atoms with Crippen LogP contribution in [0.25, 0.3) is 0 Å². The molecule has 4 heavy (non-hydrogen) atoms. The topological polar surface area (TPSA) is 0 Å². The second-order valence-electron chi connectivity index (χ2n) is 0.445. The molecular weight excluding hydrogens is 88.2 g/mol. The fourth-order valence-electron chi connectivity index (χ4n) is 0. The Morgan fingerprint density at radius 1 is 2.00 bits per heavy atom. The van der Waals surface area contributed by atoms with Crippen LogP contribution in [0.15, 0.2) is 0 Å². The van der Waals surface area contributed by atoms with Crippen molar-refractivity contribution in [2.75, 3.05) is 5.75 Å².